The van der Waals surface area contributed by atoms with Gasteiger partial charge >= 0.3 is 47.6 Å². The van der Waals surface area contributed by atoms with E-state index in [2.05, 4.69) is 0 Å². The molecule has 0 bridgehead atoms. The van der Waals surface area contributed by atoms with E-state index in [0.717, 1.165) is 19.3 Å². The largest absolute Gasteiger partial charge is 0.460 e. The van der Waals surface area contributed by atoms with Crippen LogP contribution in [0.5, 0.6) is 0 Å². The zero-order valence-corrected chi connectivity index (χ0v) is 23.7. The van der Waals surface area contributed by atoms with E-state index in [-0.39, 0.29) is 17.2 Å². The lowest BCUT2D eigenvalue weighted by Gasteiger charge is -2.44. The zero-order valence-electron chi connectivity index (χ0n) is 22.7. The fraction of sp³-hybridized carbons (Fsp3) is 1.00. The van der Waals surface area contributed by atoms with Gasteiger partial charge in [-0.25, -0.2) is 0 Å². The maximum absolute atomic E-state index is 14.4. The van der Waals surface area contributed by atoms with E-state index in [1.807, 2.05) is 0 Å². The van der Waals surface area contributed by atoms with Gasteiger partial charge < -0.3 is 4.43 Å². The maximum atomic E-state index is 14.4. The van der Waals surface area contributed by atoms with Crippen LogP contribution < -0.4 is 0 Å². The first-order valence-corrected chi connectivity index (χ1v) is 15.1. The fourth-order valence-corrected chi connectivity index (χ4v) is 9.74. The van der Waals surface area contributed by atoms with Gasteiger partial charge in [0.15, 0.2) is 8.32 Å². The Kier molecular flexibility index (Phi) is 11.2. The van der Waals surface area contributed by atoms with Gasteiger partial charge in [-0.1, -0.05) is 47.0 Å². The molecule has 252 valence electrons. The van der Waals surface area contributed by atoms with Crippen molar-refractivity contribution in [1.82, 2.24) is 0 Å². The molecule has 0 unspecified atom stereocenters. The fourth-order valence-electron chi connectivity index (χ4n) is 5.01. The molecule has 42 heavy (non-hydrogen) atoms. The molecular weight excluding hydrogens is 643 g/mol. The molecule has 1 saturated carbocycles. The third kappa shape index (κ3) is 6.24. The first kappa shape index (κ1) is 39.0. The van der Waals surface area contributed by atoms with E-state index in [1.54, 1.807) is 27.7 Å². The summed E-state index contributed by atoms with van der Waals surface area (Å²) >= 11 is 0. The Bertz CT molecular complexity index is 884. The topological polar surface area (TPSA) is 9.23 Å². The van der Waals surface area contributed by atoms with E-state index < -0.39 is 74.8 Å². The second-order valence-electron chi connectivity index (χ2n) is 11.1. The average molecular weight is 675 g/mol. The highest BCUT2D eigenvalue weighted by Gasteiger charge is 2.95. The number of halogens is 17. The molecule has 1 nitrogen and oxygen atoms in total. The molecule has 0 aromatic rings. The van der Waals surface area contributed by atoms with Crippen LogP contribution in [0.25, 0.3) is 0 Å². The van der Waals surface area contributed by atoms with Crippen molar-refractivity contribution >= 4 is 8.32 Å². The third-order valence-electron chi connectivity index (χ3n) is 7.74. The minimum atomic E-state index is -8.60. The highest BCUT2D eigenvalue weighted by molar-refractivity contribution is 6.76. The predicted octanol–water partition coefficient (Wildman–Crippen LogP) is 10.9. The van der Waals surface area contributed by atoms with Gasteiger partial charge in [0.25, 0.3) is 0 Å². The molecule has 0 aliphatic heterocycles. The Labute approximate surface area is 231 Å². The molecule has 19 heteroatoms. The highest BCUT2D eigenvalue weighted by Crippen LogP contribution is 2.64. The summed E-state index contributed by atoms with van der Waals surface area (Å²) in [6, 6.07) is -0.432. The molecule has 0 aromatic heterocycles. The SMILES string of the molecule is CC(C)[Si](CCCC(F)(F)C(F)(F)C(F)(F)C(F)(F)C(F)(F)C(F)(F)C(F)(F)C(F)(F)F)(OC1CCCCC1)C(C)C. The Morgan fingerprint density at radius 3 is 1.26 bits per heavy atom. The summed E-state index contributed by atoms with van der Waals surface area (Å²) in [5.74, 6) is -56.0. The number of hydrogen-bond donors (Lipinski definition) is 0. The molecule has 1 rings (SSSR count). The van der Waals surface area contributed by atoms with Gasteiger partial charge in [0.05, 0.1) is 0 Å². The van der Waals surface area contributed by atoms with Gasteiger partial charge in [0.1, 0.15) is 0 Å². The Morgan fingerprint density at radius 2 is 0.905 bits per heavy atom. The van der Waals surface area contributed by atoms with E-state index >= 15 is 0 Å². The van der Waals surface area contributed by atoms with E-state index in [1.165, 1.54) is 0 Å². The lowest BCUT2D eigenvalue weighted by atomic mass is 9.88. The minimum Gasteiger partial charge on any atom is -0.413 e. The number of hydrogen-bond acceptors (Lipinski definition) is 1. The lowest BCUT2D eigenvalue weighted by Crippen LogP contribution is -2.74. The summed E-state index contributed by atoms with van der Waals surface area (Å²) in [6.45, 7) is 6.48. The first-order valence-electron chi connectivity index (χ1n) is 12.8. The standard InChI is InChI=1S/C23H31F17OSi/c1-13(2)42(14(3)4,41-15-9-6-5-7-10-15)12-8-11-16(24,25)17(26,27)18(28,29)19(30,31)20(32,33)21(34,35)22(36,37)23(38,39)40/h13-15H,5-12H2,1-4H3. The molecule has 1 aliphatic rings. The van der Waals surface area contributed by atoms with Crippen molar-refractivity contribution in [3.05, 3.63) is 0 Å². The van der Waals surface area contributed by atoms with Crippen molar-refractivity contribution in [3.8, 4) is 0 Å². The van der Waals surface area contributed by atoms with Gasteiger partial charge in [0.2, 0.25) is 0 Å². The molecule has 1 fully saturated rings. The average Bonchev–Trinajstić information content (AvgIpc) is 2.82. The van der Waals surface area contributed by atoms with Crippen LogP contribution in [0.2, 0.25) is 17.1 Å². The van der Waals surface area contributed by atoms with Crippen LogP contribution in [-0.4, -0.2) is 62.1 Å². The third-order valence-corrected chi connectivity index (χ3v) is 13.6. The molecule has 0 aromatic carbocycles. The number of rotatable bonds is 14. The molecule has 0 spiro atoms. The summed E-state index contributed by atoms with van der Waals surface area (Å²) < 4.78 is 236. The normalized spacial score (nSPS) is 18.4. The predicted molar refractivity (Wildman–Crippen MR) is 119 cm³/mol. The van der Waals surface area contributed by atoms with Crippen LogP contribution in [0.3, 0.4) is 0 Å². The second-order valence-corrected chi connectivity index (χ2v) is 16.1. The first-order chi connectivity index (χ1) is 18.4. The molecule has 0 N–H and O–H groups in total. The molecule has 1 aliphatic carbocycles. The Balaban J connectivity index is 3.37. The van der Waals surface area contributed by atoms with Gasteiger partial charge in [-0.05, 0) is 36.4 Å². The highest BCUT2D eigenvalue weighted by atomic mass is 28.4. The zero-order chi connectivity index (χ0) is 33.6. The van der Waals surface area contributed by atoms with Crippen molar-refractivity contribution in [2.24, 2.45) is 0 Å². The van der Waals surface area contributed by atoms with Crippen molar-refractivity contribution in [1.29, 1.82) is 0 Å². The van der Waals surface area contributed by atoms with Crippen molar-refractivity contribution in [3.63, 3.8) is 0 Å². The van der Waals surface area contributed by atoms with Crippen LogP contribution in [0.1, 0.15) is 72.6 Å². The van der Waals surface area contributed by atoms with E-state index in [9.17, 15) is 74.6 Å². The molecule has 0 saturated heterocycles. The lowest BCUT2D eigenvalue weighted by molar-refractivity contribution is -0.461. The summed E-state index contributed by atoms with van der Waals surface area (Å²) in [4.78, 5) is 0. The summed E-state index contributed by atoms with van der Waals surface area (Å²) in [6.07, 6.45) is -8.05. The van der Waals surface area contributed by atoms with Gasteiger partial charge in [-0.15, -0.1) is 0 Å². The van der Waals surface area contributed by atoms with Crippen LogP contribution in [-0.2, 0) is 4.43 Å². The Morgan fingerprint density at radius 1 is 0.548 bits per heavy atom. The van der Waals surface area contributed by atoms with E-state index in [4.69, 9.17) is 4.43 Å². The quantitative estimate of drug-likeness (QED) is 0.132. The molecule has 0 radical (unpaired) electrons. The smallest absolute Gasteiger partial charge is 0.413 e. The monoisotopic (exact) mass is 674 g/mol. The summed E-state index contributed by atoms with van der Waals surface area (Å²) in [5.41, 5.74) is -0.758. The van der Waals surface area contributed by atoms with Crippen LogP contribution in [0.15, 0.2) is 0 Å². The minimum absolute atomic E-state index is 0.334. The van der Waals surface area contributed by atoms with E-state index in [0.29, 0.717) is 12.8 Å². The van der Waals surface area contributed by atoms with Crippen LogP contribution in [0.4, 0.5) is 74.6 Å². The molecular formula is C23H31F17OSi. The van der Waals surface area contributed by atoms with Crippen LogP contribution in [0, 0.1) is 0 Å². The molecule has 0 atom stereocenters. The second kappa shape index (κ2) is 12.1. The van der Waals surface area contributed by atoms with Crippen molar-refractivity contribution < 1.29 is 79.1 Å². The Hall–Kier alpha value is -1.01. The van der Waals surface area contributed by atoms with Gasteiger partial charge in [0, 0.05) is 12.5 Å². The molecule has 0 heterocycles. The maximum Gasteiger partial charge on any atom is 0.460 e. The number of alkyl halides is 17. The van der Waals surface area contributed by atoms with Crippen molar-refractivity contribution in [2.45, 2.75) is 144 Å². The van der Waals surface area contributed by atoms with Crippen molar-refractivity contribution in [2.75, 3.05) is 0 Å². The van der Waals surface area contributed by atoms with Gasteiger partial charge in [-0.2, -0.15) is 74.6 Å². The van der Waals surface area contributed by atoms with Gasteiger partial charge in [-0.3, -0.25) is 0 Å². The van der Waals surface area contributed by atoms with Crippen LogP contribution >= 0.6 is 0 Å². The summed E-state index contributed by atoms with van der Waals surface area (Å²) in [7, 11) is -3.20. The summed E-state index contributed by atoms with van der Waals surface area (Å²) in [5, 5.41) is 0. The molecule has 0 amide bonds.